The van der Waals surface area contributed by atoms with Crippen molar-refractivity contribution in [3.63, 3.8) is 0 Å². The van der Waals surface area contributed by atoms with Crippen LogP contribution in [-0.4, -0.2) is 48.6 Å². The molecule has 1 heterocycles. The van der Waals surface area contributed by atoms with Gasteiger partial charge in [0.1, 0.15) is 5.60 Å². The number of halogens is 1. The Kier molecular flexibility index (Phi) is 5.19. The largest absolute Gasteiger partial charge is 0.444 e. The van der Waals surface area contributed by atoms with E-state index in [0.29, 0.717) is 36.8 Å². The van der Waals surface area contributed by atoms with Crippen LogP contribution >= 0.6 is 11.6 Å². The molecule has 1 aliphatic heterocycles. The topological polar surface area (TPSA) is 49.9 Å². The van der Waals surface area contributed by atoms with Crippen LogP contribution in [0.1, 0.15) is 38.1 Å². The highest BCUT2D eigenvalue weighted by Crippen LogP contribution is 2.28. The number of benzene rings is 1. The van der Waals surface area contributed by atoms with E-state index in [1.54, 1.807) is 17.0 Å². The molecule has 1 saturated heterocycles. The van der Waals surface area contributed by atoms with Crippen molar-refractivity contribution in [1.29, 1.82) is 0 Å². The van der Waals surface area contributed by atoms with E-state index in [0.717, 1.165) is 5.69 Å². The number of ether oxygens (including phenoxy) is 1. The van der Waals surface area contributed by atoms with E-state index in [-0.39, 0.29) is 11.9 Å². The van der Waals surface area contributed by atoms with Gasteiger partial charge in [0.2, 0.25) is 0 Å². The molecule has 0 saturated carbocycles. The number of piperazine rings is 1. The maximum atomic E-state index is 12.1. The summed E-state index contributed by atoms with van der Waals surface area (Å²) in [7, 11) is 0. The van der Waals surface area contributed by atoms with Gasteiger partial charge in [-0.3, -0.25) is 4.79 Å². The summed E-state index contributed by atoms with van der Waals surface area (Å²) in [6.45, 7) is 9.62. The van der Waals surface area contributed by atoms with Gasteiger partial charge in [-0.15, -0.1) is 0 Å². The van der Waals surface area contributed by atoms with Gasteiger partial charge >= 0.3 is 6.09 Å². The highest BCUT2D eigenvalue weighted by atomic mass is 35.5. The molecule has 0 radical (unpaired) electrons. The lowest BCUT2D eigenvalue weighted by atomic mass is 10.1. The van der Waals surface area contributed by atoms with Gasteiger partial charge in [0.25, 0.3) is 0 Å². The standard InChI is InChI=1S/C17H23ClN2O3/c1-12(21)13-5-6-15(14(18)11-13)19-7-9-20(10-8-19)16(22)23-17(2,3)4/h5-6,11H,7-10H2,1-4H3. The number of amides is 1. The molecule has 0 bridgehead atoms. The van der Waals surface area contributed by atoms with Crippen molar-refractivity contribution in [2.45, 2.75) is 33.3 Å². The van der Waals surface area contributed by atoms with Crippen molar-refractivity contribution in [3.05, 3.63) is 28.8 Å². The van der Waals surface area contributed by atoms with Crippen LogP contribution in [0.5, 0.6) is 0 Å². The fraction of sp³-hybridized carbons (Fsp3) is 0.529. The molecule has 0 spiro atoms. The van der Waals surface area contributed by atoms with Gasteiger partial charge < -0.3 is 14.5 Å². The summed E-state index contributed by atoms with van der Waals surface area (Å²) < 4.78 is 5.39. The van der Waals surface area contributed by atoms with Gasteiger partial charge in [0, 0.05) is 31.7 Å². The number of anilines is 1. The molecule has 0 atom stereocenters. The molecule has 1 aromatic rings. The Labute approximate surface area is 142 Å². The van der Waals surface area contributed by atoms with Crippen LogP contribution in [0.15, 0.2) is 18.2 Å². The van der Waals surface area contributed by atoms with E-state index >= 15 is 0 Å². The number of Topliss-reactive ketones (excluding diaryl/α,β-unsaturated/α-hetero) is 1. The molecule has 1 amide bonds. The second-order valence-corrected chi connectivity index (χ2v) is 7.08. The molecular formula is C17H23ClN2O3. The van der Waals surface area contributed by atoms with E-state index < -0.39 is 5.60 Å². The molecule has 0 unspecified atom stereocenters. The van der Waals surface area contributed by atoms with Gasteiger partial charge in [-0.05, 0) is 45.9 Å². The summed E-state index contributed by atoms with van der Waals surface area (Å²) in [5.41, 5.74) is 1.01. The van der Waals surface area contributed by atoms with Gasteiger partial charge in [-0.25, -0.2) is 4.79 Å². The molecule has 0 aromatic heterocycles. The summed E-state index contributed by atoms with van der Waals surface area (Å²) in [4.78, 5) is 27.3. The fourth-order valence-electron chi connectivity index (χ4n) is 2.44. The summed E-state index contributed by atoms with van der Waals surface area (Å²) >= 11 is 6.29. The van der Waals surface area contributed by atoms with Crippen molar-refractivity contribution >= 4 is 29.2 Å². The SMILES string of the molecule is CC(=O)c1ccc(N2CCN(C(=O)OC(C)(C)C)CC2)c(Cl)c1. The van der Waals surface area contributed by atoms with E-state index in [4.69, 9.17) is 16.3 Å². The molecule has 6 heteroatoms. The summed E-state index contributed by atoms with van der Waals surface area (Å²) in [5, 5.41) is 0.559. The van der Waals surface area contributed by atoms with Crippen molar-refractivity contribution in [2.24, 2.45) is 0 Å². The number of nitrogens with zero attached hydrogens (tertiary/aromatic N) is 2. The zero-order valence-corrected chi connectivity index (χ0v) is 14.8. The van der Waals surface area contributed by atoms with Gasteiger partial charge in [0.05, 0.1) is 10.7 Å². The zero-order chi connectivity index (χ0) is 17.2. The first-order valence-corrected chi connectivity index (χ1v) is 8.08. The predicted molar refractivity (Wildman–Crippen MR) is 91.5 cm³/mol. The monoisotopic (exact) mass is 338 g/mol. The molecule has 0 N–H and O–H groups in total. The third-order valence-electron chi connectivity index (χ3n) is 3.63. The molecule has 1 fully saturated rings. The second kappa shape index (κ2) is 6.79. The molecule has 126 valence electrons. The Morgan fingerprint density at radius 2 is 1.74 bits per heavy atom. The average molecular weight is 339 g/mol. The van der Waals surface area contributed by atoms with Crippen molar-refractivity contribution in [1.82, 2.24) is 4.90 Å². The van der Waals surface area contributed by atoms with E-state index in [1.165, 1.54) is 6.92 Å². The van der Waals surface area contributed by atoms with Gasteiger partial charge in [0.15, 0.2) is 5.78 Å². The van der Waals surface area contributed by atoms with Crippen LogP contribution < -0.4 is 4.90 Å². The Hall–Kier alpha value is -1.75. The lowest BCUT2D eigenvalue weighted by molar-refractivity contribution is 0.0240. The van der Waals surface area contributed by atoms with Crippen molar-refractivity contribution in [3.8, 4) is 0 Å². The smallest absolute Gasteiger partial charge is 0.410 e. The second-order valence-electron chi connectivity index (χ2n) is 6.68. The molecule has 1 aliphatic rings. The molecule has 23 heavy (non-hydrogen) atoms. The highest BCUT2D eigenvalue weighted by molar-refractivity contribution is 6.33. The summed E-state index contributed by atoms with van der Waals surface area (Å²) in [6, 6.07) is 5.34. The first-order chi connectivity index (χ1) is 10.7. The fourth-order valence-corrected chi connectivity index (χ4v) is 2.74. The van der Waals surface area contributed by atoms with E-state index in [9.17, 15) is 9.59 Å². The van der Waals surface area contributed by atoms with E-state index in [1.807, 2.05) is 26.8 Å². The summed E-state index contributed by atoms with van der Waals surface area (Å²) in [6.07, 6.45) is -0.282. The number of ketones is 1. The van der Waals surface area contributed by atoms with Crippen LogP contribution in [0.25, 0.3) is 0 Å². The minimum atomic E-state index is -0.486. The molecule has 0 aliphatic carbocycles. The normalized spacial score (nSPS) is 15.5. The number of hydrogen-bond donors (Lipinski definition) is 0. The third-order valence-corrected chi connectivity index (χ3v) is 3.93. The minimum Gasteiger partial charge on any atom is -0.444 e. The Balaban J connectivity index is 1.99. The third kappa shape index (κ3) is 4.61. The number of carbonyl (C=O) groups excluding carboxylic acids is 2. The predicted octanol–water partition coefficient (Wildman–Crippen LogP) is 3.60. The van der Waals surface area contributed by atoms with Crippen LogP contribution in [0.4, 0.5) is 10.5 Å². The first kappa shape index (κ1) is 17.6. The van der Waals surface area contributed by atoms with Crippen molar-refractivity contribution in [2.75, 3.05) is 31.1 Å². The Bertz CT molecular complexity index is 602. The van der Waals surface area contributed by atoms with E-state index in [2.05, 4.69) is 4.90 Å². The lowest BCUT2D eigenvalue weighted by Gasteiger charge is -2.37. The van der Waals surface area contributed by atoms with Crippen LogP contribution in [-0.2, 0) is 4.74 Å². The van der Waals surface area contributed by atoms with Gasteiger partial charge in [-0.1, -0.05) is 11.6 Å². The number of rotatable bonds is 2. The van der Waals surface area contributed by atoms with Crippen LogP contribution in [0, 0.1) is 0 Å². The maximum absolute atomic E-state index is 12.1. The minimum absolute atomic E-state index is 0.00630. The number of carbonyl (C=O) groups is 2. The highest BCUT2D eigenvalue weighted by Gasteiger charge is 2.26. The lowest BCUT2D eigenvalue weighted by Crippen LogP contribution is -2.50. The Morgan fingerprint density at radius 1 is 1.13 bits per heavy atom. The average Bonchev–Trinajstić information content (AvgIpc) is 2.45. The van der Waals surface area contributed by atoms with Crippen LogP contribution in [0.2, 0.25) is 5.02 Å². The van der Waals surface area contributed by atoms with Gasteiger partial charge in [-0.2, -0.15) is 0 Å². The Morgan fingerprint density at radius 3 is 2.22 bits per heavy atom. The molecule has 5 nitrogen and oxygen atoms in total. The number of hydrogen-bond acceptors (Lipinski definition) is 4. The molecule has 2 rings (SSSR count). The first-order valence-electron chi connectivity index (χ1n) is 7.71. The zero-order valence-electron chi connectivity index (χ0n) is 14.1. The van der Waals surface area contributed by atoms with Crippen molar-refractivity contribution < 1.29 is 14.3 Å². The van der Waals surface area contributed by atoms with Crippen LogP contribution in [0.3, 0.4) is 0 Å². The maximum Gasteiger partial charge on any atom is 0.410 e. The molecular weight excluding hydrogens is 316 g/mol. The molecule has 1 aromatic carbocycles. The quantitative estimate of drug-likeness (QED) is 0.773. The summed E-state index contributed by atoms with van der Waals surface area (Å²) in [5.74, 6) is -0.00630.